The molecular formula is C20H21N3O2. The van der Waals surface area contributed by atoms with Crippen molar-refractivity contribution >= 4 is 5.91 Å². The van der Waals surface area contributed by atoms with E-state index in [2.05, 4.69) is 22.1 Å². The lowest BCUT2D eigenvalue weighted by Gasteiger charge is -2.35. The SMILES string of the molecule is O=C(c1cncnc1C1CC1)N1CC[C@@]2(CCc3ccccc3O2)C1. The molecule has 5 nitrogen and oxygen atoms in total. The zero-order valence-corrected chi connectivity index (χ0v) is 14.1. The zero-order valence-electron chi connectivity index (χ0n) is 14.1. The molecule has 0 unspecified atom stereocenters. The first-order valence-corrected chi connectivity index (χ1v) is 9.10. The van der Waals surface area contributed by atoms with Crippen molar-refractivity contribution in [3.63, 3.8) is 0 Å². The van der Waals surface area contributed by atoms with Crippen LogP contribution in [0.5, 0.6) is 5.75 Å². The van der Waals surface area contributed by atoms with E-state index >= 15 is 0 Å². The van der Waals surface area contributed by atoms with Crippen LogP contribution in [0.2, 0.25) is 0 Å². The van der Waals surface area contributed by atoms with Gasteiger partial charge in [-0.25, -0.2) is 9.97 Å². The highest BCUT2D eigenvalue weighted by Crippen LogP contribution is 2.42. The Hall–Kier alpha value is -2.43. The van der Waals surface area contributed by atoms with Crippen LogP contribution in [-0.4, -0.2) is 39.5 Å². The molecule has 3 heterocycles. The third kappa shape index (κ3) is 2.58. The molecule has 1 aromatic heterocycles. The number of aryl methyl sites for hydroxylation is 1. The van der Waals surface area contributed by atoms with Crippen molar-refractivity contribution in [1.29, 1.82) is 0 Å². The molecule has 2 aliphatic heterocycles. The lowest BCUT2D eigenvalue weighted by atomic mass is 9.90. The number of nitrogens with zero attached hydrogens (tertiary/aromatic N) is 3. The predicted octanol–water partition coefficient (Wildman–Crippen LogP) is 2.96. The first-order valence-electron chi connectivity index (χ1n) is 9.10. The van der Waals surface area contributed by atoms with Crippen molar-refractivity contribution in [1.82, 2.24) is 14.9 Å². The first-order chi connectivity index (χ1) is 12.2. The van der Waals surface area contributed by atoms with Gasteiger partial charge >= 0.3 is 0 Å². The number of rotatable bonds is 2. The van der Waals surface area contributed by atoms with E-state index in [-0.39, 0.29) is 11.5 Å². The third-order valence-electron chi connectivity index (χ3n) is 5.69. The smallest absolute Gasteiger partial charge is 0.257 e. The number of amides is 1. The predicted molar refractivity (Wildman–Crippen MR) is 92.6 cm³/mol. The fourth-order valence-electron chi connectivity index (χ4n) is 4.12. The van der Waals surface area contributed by atoms with Crippen LogP contribution in [0.15, 0.2) is 36.8 Å². The normalized spacial score (nSPS) is 24.9. The summed E-state index contributed by atoms with van der Waals surface area (Å²) in [7, 11) is 0. The topological polar surface area (TPSA) is 55.3 Å². The highest BCUT2D eigenvalue weighted by molar-refractivity contribution is 5.95. The van der Waals surface area contributed by atoms with Crippen molar-refractivity contribution in [3.05, 3.63) is 53.6 Å². The van der Waals surface area contributed by atoms with Gasteiger partial charge in [-0.3, -0.25) is 4.79 Å². The molecular weight excluding hydrogens is 314 g/mol. The van der Waals surface area contributed by atoms with Gasteiger partial charge in [-0.05, 0) is 37.3 Å². The second-order valence-corrected chi connectivity index (χ2v) is 7.47. The van der Waals surface area contributed by atoms with Gasteiger partial charge in [-0.15, -0.1) is 0 Å². The Morgan fingerprint density at radius 1 is 1.24 bits per heavy atom. The fourth-order valence-corrected chi connectivity index (χ4v) is 4.12. The lowest BCUT2D eigenvalue weighted by molar-refractivity contribution is 0.0484. The standard InChI is InChI=1S/C20H21N3O2/c24-19(16-11-21-13-22-18(16)15-5-6-15)23-10-9-20(12-23)8-7-14-3-1-2-4-17(14)25-20/h1-4,11,13,15H,5-10,12H2/t20-/m0/s1. The summed E-state index contributed by atoms with van der Waals surface area (Å²) in [6, 6.07) is 8.23. The van der Waals surface area contributed by atoms with Gasteiger partial charge in [0.1, 0.15) is 17.7 Å². The first kappa shape index (κ1) is 14.9. The van der Waals surface area contributed by atoms with Gasteiger partial charge in [0.2, 0.25) is 0 Å². The molecule has 5 rings (SSSR count). The van der Waals surface area contributed by atoms with Crippen molar-refractivity contribution < 1.29 is 9.53 Å². The molecule has 1 aromatic carbocycles. The van der Waals surface area contributed by atoms with E-state index in [1.165, 1.54) is 5.56 Å². The Morgan fingerprint density at radius 3 is 3.00 bits per heavy atom. The lowest BCUT2D eigenvalue weighted by Crippen LogP contribution is -2.43. The van der Waals surface area contributed by atoms with Crippen molar-refractivity contribution in [2.24, 2.45) is 0 Å². The maximum atomic E-state index is 13.1. The minimum Gasteiger partial charge on any atom is -0.485 e. The molecule has 1 aliphatic carbocycles. The van der Waals surface area contributed by atoms with E-state index in [1.807, 2.05) is 17.0 Å². The molecule has 1 saturated carbocycles. The van der Waals surface area contributed by atoms with E-state index in [0.717, 1.165) is 50.1 Å². The summed E-state index contributed by atoms with van der Waals surface area (Å²) >= 11 is 0. The van der Waals surface area contributed by atoms with Crippen LogP contribution < -0.4 is 4.74 Å². The Kier molecular flexibility index (Phi) is 3.30. The van der Waals surface area contributed by atoms with E-state index in [9.17, 15) is 4.79 Å². The van der Waals surface area contributed by atoms with Gasteiger partial charge in [0.15, 0.2) is 0 Å². The summed E-state index contributed by atoms with van der Waals surface area (Å²) in [5, 5.41) is 0. The highest BCUT2D eigenvalue weighted by atomic mass is 16.5. The van der Waals surface area contributed by atoms with Crippen molar-refractivity contribution in [3.8, 4) is 5.75 Å². The van der Waals surface area contributed by atoms with E-state index in [1.54, 1.807) is 12.5 Å². The molecule has 25 heavy (non-hydrogen) atoms. The third-order valence-corrected chi connectivity index (χ3v) is 5.69. The summed E-state index contributed by atoms with van der Waals surface area (Å²) in [5.41, 5.74) is 2.64. The molecule has 0 bridgehead atoms. The van der Waals surface area contributed by atoms with Crippen molar-refractivity contribution in [2.75, 3.05) is 13.1 Å². The second kappa shape index (κ2) is 5.55. The minimum atomic E-state index is -0.237. The molecule has 2 aromatic rings. The summed E-state index contributed by atoms with van der Waals surface area (Å²) in [5.74, 6) is 1.47. The fraction of sp³-hybridized carbons (Fsp3) is 0.450. The number of ether oxygens (including phenoxy) is 1. The van der Waals surface area contributed by atoms with Gasteiger partial charge in [0, 0.05) is 25.1 Å². The summed E-state index contributed by atoms with van der Waals surface area (Å²) in [6.45, 7) is 1.39. The number of aromatic nitrogens is 2. The summed E-state index contributed by atoms with van der Waals surface area (Å²) < 4.78 is 6.36. The molecule has 1 spiro atoms. The van der Waals surface area contributed by atoms with Crippen LogP contribution in [0.25, 0.3) is 0 Å². The molecule has 128 valence electrons. The van der Waals surface area contributed by atoms with Gasteiger partial charge in [0.25, 0.3) is 5.91 Å². The van der Waals surface area contributed by atoms with Crippen LogP contribution in [0.1, 0.15) is 53.2 Å². The van der Waals surface area contributed by atoms with Gasteiger partial charge < -0.3 is 9.64 Å². The molecule has 3 aliphatic rings. The molecule has 1 atom stereocenters. The monoisotopic (exact) mass is 335 g/mol. The number of benzene rings is 1. The van der Waals surface area contributed by atoms with Gasteiger partial charge in [-0.1, -0.05) is 18.2 Å². The molecule has 1 amide bonds. The van der Waals surface area contributed by atoms with Crippen LogP contribution in [0, 0.1) is 0 Å². The Labute approximate surface area is 147 Å². The van der Waals surface area contributed by atoms with E-state index in [4.69, 9.17) is 4.74 Å². The Morgan fingerprint density at radius 2 is 2.12 bits per heavy atom. The van der Waals surface area contributed by atoms with Crippen LogP contribution in [0.4, 0.5) is 0 Å². The van der Waals surface area contributed by atoms with E-state index < -0.39 is 0 Å². The van der Waals surface area contributed by atoms with Crippen LogP contribution in [0.3, 0.4) is 0 Å². The number of hydrogen-bond donors (Lipinski definition) is 0. The number of likely N-dealkylation sites (tertiary alicyclic amines) is 1. The summed E-state index contributed by atoms with van der Waals surface area (Å²) in [6.07, 6.45) is 8.36. The number of hydrogen-bond acceptors (Lipinski definition) is 4. The number of carbonyl (C=O) groups excluding carboxylic acids is 1. The maximum Gasteiger partial charge on any atom is 0.257 e. The van der Waals surface area contributed by atoms with Crippen LogP contribution >= 0.6 is 0 Å². The van der Waals surface area contributed by atoms with Crippen LogP contribution in [-0.2, 0) is 6.42 Å². The molecule has 0 N–H and O–H groups in total. The largest absolute Gasteiger partial charge is 0.485 e. The molecule has 5 heteroatoms. The molecule has 2 fully saturated rings. The van der Waals surface area contributed by atoms with Gasteiger partial charge in [0.05, 0.1) is 17.8 Å². The number of fused-ring (bicyclic) bond motifs is 1. The Bertz CT molecular complexity index is 833. The van der Waals surface area contributed by atoms with E-state index in [0.29, 0.717) is 18.0 Å². The average molecular weight is 335 g/mol. The maximum absolute atomic E-state index is 13.1. The zero-order chi connectivity index (χ0) is 16.9. The van der Waals surface area contributed by atoms with Crippen molar-refractivity contribution in [2.45, 2.75) is 43.6 Å². The Balaban J connectivity index is 1.37. The quantitative estimate of drug-likeness (QED) is 0.847. The summed E-state index contributed by atoms with van der Waals surface area (Å²) in [4.78, 5) is 23.5. The minimum absolute atomic E-state index is 0.0573. The molecule has 1 saturated heterocycles. The highest BCUT2D eigenvalue weighted by Gasteiger charge is 2.45. The van der Waals surface area contributed by atoms with Gasteiger partial charge in [-0.2, -0.15) is 0 Å². The second-order valence-electron chi connectivity index (χ2n) is 7.47. The number of para-hydroxylation sites is 1. The average Bonchev–Trinajstić information content (AvgIpc) is 3.43. The molecule has 0 radical (unpaired) electrons. The number of carbonyl (C=O) groups is 1.